The van der Waals surface area contributed by atoms with Gasteiger partial charge in [0.15, 0.2) is 0 Å². The zero-order valence-electron chi connectivity index (χ0n) is 24.1. The predicted molar refractivity (Wildman–Crippen MR) is 169 cm³/mol. The largest absolute Gasteiger partial charge is 0.366 e. The third-order valence-corrected chi connectivity index (χ3v) is 6.49. The topological polar surface area (TPSA) is 129 Å². The molecule has 0 radical (unpaired) electrons. The summed E-state index contributed by atoms with van der Waals surface area (Å²) in [5, 5.41) is 16.4. The highest BCUT2D eigenvalue weighted by atomic mass is 15.2. The van der Waals surface area contributed by atoms with Crippen LogP contribution in [0.5, 0.6) is 0 Å². The molecule has 0 fully saturated rings. The van der Waals surface area contributed by atoms with Crippen molar-refractivity contribution in [2.24, 2.45) is 0 Å². The average Bonchev–Trinajstić information content (AvgIpc) is 2.97. The van der Waals surface area contributed by atoms with Crippen LogP contribution in [0, 0.1) is 27.7 Å². The third kappa shape index (κ3) is 6.62. The molecule has 0 atom stereocenters. The fraction of sp³-hybridized carbons (Fsp3) is 0.118. The van der Waals surface area contributed by atoms with Crippen LogP contribution in [-0.4, -0.2) is 30.4 Å². The van der Waals surface area contributed by atoms with Gasteiger partial charge in [-0.25, -0.2) is 9.97 Å². The Hall–Kier alpha value is -5.50. The third-order valence-electron chi connectivity index (χ3n) is 6.49. The lowest BCUT2D eigenvalue weighted by atomic mass is 10.0. The molecule has 0 spiro atoms. The maximum Gasteiger partial charge on any atom is 0.240 e. The molecule has 6 aromatic rings. The van der Waals surface area contributed by atoms with E-state index in [-0.39, 0.29) is 11.9 Å². The van der Waals surface area contributed by atoms with E-state index in [0.717, 1.165) is 45.0 Å². The van der Waals surface area contributed by atoms with Crippen molar-refractivity contribution in [3.63, 3.8) is 0 Å². The monoisotopic (exact) mass is 552 g/mol. The van der Waals surface area contributed by atoms with Crippen LogP contribution < -0.4 is 11.5 Å². The molecule has 0 aliphatic heterocycles. The summed E-state index contributed by atoms with van der Waals surface area (Å²) >= 11 is 0. The number of nitrogens with two attached hydrogens (primary N) is 2. The zero-order chi connectivity index (χ0) is 29.6. The van der Waals surface area contributed by atoms with Crippen molar-refractivity contribution in [3.05, 3.63) is 119 Å². The summed E-state index contributed by atoms with van der Waals surface area (Å²) in [6.45, 7) is 8.27. The second-order valence-electron chi connectivity index (χ2n) is 10.2. The molecule has 208 valence electrons. The maximum absolute atomic E-state index is 5.72. The minimum Gasteiger partial charge on any atom is -0.366 e. The Balaban J connectivity index is 0.000000168. The summed E-state index contributed by atoms with van der Waals surface area (Å²) < 4.78 is 0. The van der Waals surface area contributed by atoms with E-state index in [1.54, 1.807) is 0 Å². The molecule has 42 heavy (non-hydrogen) atoms. The predicted octanol–water partition coefficient (Wildman–Crippen LogP) is 6.81. The van der Waals surface area contributed by atoms with Crippen LogP contribution in [-0.2, 0) is 0 Å². The Labute approximate surface area is 245 Å². The average molecular weight is 553 g/mol. The molecule has 0 bridgehead atoms. The van der Waals surface area contributed by atoms with Gasteiger partial charge in [0.05, 0.1) is 0 Å². The minimum absolute atomic E-state index is 0.182. The van der Waals surface area contributed by atoms with Crippen LogP contribution in [0.4, 0.5) is 11.9 Å². The molecular formula is C34H32N8. The molecule has 8 nitrogen and oxygen atoms in total. The van der Waals surface area contributed by atoms with Gasteiger partial charge in [0, 0.05) is 22.3 Å². The Morgan fingerprint density at radius 3 is 1.05 bits per heavy atom. The lowest BCUT2D eigenvalue weighted by Gasteiger charge is -2.09. The van der Waals surface area contributed by atoms with Gasteiger partial charge in [0.1, 0.15) is 22.8 Å². The lowest BCUT2D eigenvalue weighted by Crippen LogP contribution is -2.02. The van der Waals surface area contributed by atoms with Gasteiger partial charge in [-0.2, -0.15) is 0 Å². The van der Waals surface area contributed by atoms with Gasteiger partial charge >= 0.3 is 0 Å². The first-order valence-corrected chi connectivity index (χ1v) is 13.6. The Morgan fingerprint density at radius 1 is 0.381 bits per heavy atom. The summed E-state index contributed by atoms with van der Waals surface area (Å²) in [4.78, 5) is 8.77. The first-order valence-electron chi connectivity index (χ1n) is 13.6. The number of nitrogens with zero attached hydrogens (tertiary/aromatic N) is 6. The van der Waals surface area contributed by atoms with Gasteiger partial charge in [-0.3, -0.25) is 0 Å². The van der Waals surface area contributed by atoms with Gasteiger partial charge in [-0.1, -0.05) is 95.1 Å². The zero-order valence-corrected chi connectivity index (χ0v) is 24.1. The molecule has 0 amide bonds. The van der Waals surface area contributed by atoms with Crippen LogP contribution in [0.25, 0.3) is 45.0 Å². The van der Waals surface area contributed by atoms with Crippen molar-refractivity contribution in [1.82, 2.24) is 30.4 Å². The molecule has 0 saturated heterocycles. The van der Waals surface area contributed by atoms with E-state index in [1.165, 1.54) is 22.3 Å². The summed E-state index contributed by atoms with van der Waals surface area (Å²) in [5.41, 5.74) is 23.2. The van der Waals surface area contributed by atoms with Crippen molar-refractivity contribution in [1.29, 1.82) is 0 Å². The number of rotatable bonds is 4. The normalized spacial score (nSPS) is 10.6. The second-order valence-corrected chi connectivity index (χ2v) is 10.2. The van der Waals surface area contributed by atoms with Crippen molar-refractivity contribution >= 4 is 11.9 Å². The maximum atomic E-state index is 5.72. The highest BCUT2D eigenvalue weighted by Gasteiger charge is 2.14. The summed E-state index contributed by atoms with van der Waals surface area (Å²) in [7, 11) is 0. The van der Waals surface area contributed by atoms with Crippen molar-refractivity contribution in [3.8, 4) is 45.0 Å². The molecular weight excluding hydrogens is 520 g/mol. The number of anilines is 2. The lowest BCUT2D eigenvalue weighted by molar-refractivity contribution is 0.996. The molecule has 6 rings (SSSR count). The number of hydrogen-bond donors (Lipinski definition) is 2. The summed E-state index contributed by atoms with van der Waals surface area (Å²) in [6.07, 6.45) is 0. The summed E-state index contributed by atoms with van der Waals surface area (Å²) in [5.74, 6) is 0.365. The number of hydrogen-bond acceptors (Lipinski definition) is 8. The van der Waals surface area contributed by atoms with Crippen LogP contribution >= 0.6 is 0 Å². The number of aromatic nitrogens is 6. The molecule has 0 saturated carbocycles. The van der Waals surface area contributed by atoms with Gasteiger partial charge in [-0.15, -0.1) is 20.4 Å². The molecule has 2 aromatic heterocycles. The Bertz CT molecular complexity index is 1660. The molecule has 2 heterocycles. The summed E-state index contributed by atoms with van der Waals surface area (Å²) in [6, 6.07) is 32.4. The van der Waals surface area contributed by atoms with E-state index < -0.39 is 0 Å². The van der Waals surface area contributed by atoms with Crippen LogP contribution in [0.1, 0.15) is 22.3 Å². The van der Waals surface area contributed by atoms with Gasteiger partial charge in [-0.05, 0) is 52.0 Å². The number of nitrogen functional groups attached to an aromatic ring is 2. The van der Waals surface area contributed by atoms with Crippen molar-refractivity contribution in [2.45, 2.75) is 27.7 Å². The number of aryl methyl sites for hydroxylation is 4. The SMILES string of the molecule is Cc1cc(C)cc(-c2nnc(N)nc2-c2ccccc2)c1.Cc1cc(C)cc(-c2nnc(N)nc2-c2ccccc2)c1. The highest BCUT2D eigenvalue weighted by Crippen LogP contribution is 2.31. The smallest absolute Gasteiger partial charge is 0.240 e. The van der Waals surface area contributed by atoms with Crippen LogP contribution in [0.15, 0.2) is 97.1 Å². The molecule has 0 aliphatic rings. The van der Waals surface area contributed by atoms with E-state index in [4.69, 9.17) is 11.5 Å². The van der Waals surface area contributed by atoms with Crippen molar-refractivity contribution in [2.75, 3.05) is 11.5 Å². The van der Waals surface area contributed by atoms with E-state index in [0.29, 0.717) is 0 Å². The van der Waals surface area contributed by atoms with Gasteiger partial charge in [0.25, 0.3) is 0 Å². The van der Waals surface area contributed by atoms with Gasteiger partial charge in [0.2, 0.25) is 11.9 Å². The van der Waals surface area contributed by atoms with E-state index in [9.17, 15) is 0 Å². The molecule has 0 unspecified atom stereocenters. The molecule has 4 aromatic carbocycles. The second kappa shape index (κ2) is 12.3. The molecule has 8 heteroatoms. The minimum atomic E-state index is 0.182. The number of benzene rings is 4. The Kier molecular flexibility index (Phi) is 8.24. The fourth-order valence-electron chi connectivity index (χ4n) is 4.88. The van der Waals surface area contributed by atoms with Crippen LogP contribution in [0.2, 0.25) is 0 Å². The first kappa shape index (κ1) is 28.0. The van der Waals surface area contributed by atoms with E-state index in [2.05, 4.69) is 94.5 Å². The van der Waals surface area contributed by atoms with Crippen molar-refractivity contribution < 1.29 is 0 Å². The Morgan fingerprint density at radius 2 is 0.714 bits per heavy atom. The van der Waals surface area contributed by atoms with Gasteiger partial charge < -0.3 is 11.5 Å². The first-order chi connectivity index (χ1) is 20.3. The standard InChI is InChI=1S/2C17H16N4/c2*1-11-8-12(2)10-14(9-11)16-15(19-17(18)21-20-16)13-6-4-3-5-7-13/h2*3-10H,1-2H3,(H2,18,19,21). The highest BCUT2D eigenvalue weighted by molar-refractivity contribution is 5.79. The van der Waals surface area contributed by atoms with E-state index >= 15 is 0 Å². The quantitative estimate of drug-likeness (QED) is 0.244. The molecule has 4 N–H and O–H groups in total. The van der Waals surface area contributed by atoms with E-state index in [1.807, 2.05) is 60.7 Å². The van der Waals surface area contributed by atoms with Crippen LogP contribution in [0.3, 0.4) is 0 Å². The molecule has 0 aliphatic carbocycles. The fourth-order valence-corrected chi connectivity index (χ4v) is 4.88.